The minimum atomic E-state index is -0.287. The number of guanidine groups is 1. The lowest BCUT2D eigenvalue weighted by atomic mass is 10.1. The third kappa shape index (κ3) is 8.07. The lowest BCUT2D eigenvalue weighted by molar-refractivity contribution is 0.205. The van der Waals surface area contributed by atoms with Crippen molar-refractivity contribution < 1.29 is 9.13 Å². The van der Waals surface area contributed by atoms with Crippen LogP contribution in [0, 0.1) is 5.82 Å². The molecule has 1 aliphatic rings. The highest BCUT2D eigenvalue weighted by Gasteiger charge is 2.19. The molecule has 1 aromatic carbocycles. The third-order valence-electron chi connectivity index (χ3n) is 4.38. The van der Waals surface area contributed by atoms with E-state index in [1.165, 1.54) is 25.1 Å². The molecule has 7 heteroatoms. The number of aliphatic imine (C=N–C) groups is 1. The molecule has 1 aromatic rings. The number of likely N-dealkylation sites (tertiary alicyclic amines) is 1. The Hall–Kier alpha value is -1.09. The van der Waals surface area contributed by atoms with Crippen LogP contribution in [0.5, 0.6) is 5.75 Å². The fraction of sp³-hybridized carbons (Fsp3) is 0.632. The van der Waals surface area contributed by atoms with Crippen LogP contribution in [-0.2, 0) is 0 Å². The van der Waals surface area contributed by atoms with Crippen LogP contribution in [0.4, 0.5) is 4.39 Å². The smallest absolute Gasteiger partial charge is 0.191 e. The number of hydrogen-bond donors (Lipinski definition) is 2. The van der Waals surface area contributed by atoms with Crippen molar-refractivity contribution in [3.63, 3.8) is 0 Å². The number of rotatable bonds is 7. The molecule has 148 valence electrons. The van der Waals surface area contributed by atoms with E-state index >= 15 is 0 Å². The Morgan fingerprint density at radius 2 is 2.12 bits per heavy atom. The van der Waals surface area contributed by atoms with Gasteiger partial charge in [0.1, 0.15) is 17.7 Å². The van der Waals surface area contributed by atoms with Crippen LogP contribution >= 0.6 is 24.0 Å². The van der Waals surface area contributed by atoms with Gasteiger partial charge in [-0.3, -0.25) is 4.99 Å². The van der Waals surface area contributed by atoms with Gasteiger partial charge in [-0.15, -0.1) is 24.0 Å². The summed E-state index contributed by atoms with van der Waals surface area (Å²) in [6, 6.07) is 6.67. The van der Waals surface area contributed by atoms with Crippen LogP contribution in [0.3, 0.4) is 0 Å². The minimum absolute atomic E-state index is 0. The molecule has 1 heterocycles. The Morgan fingerprint density at radius 3 is 2.73 bits per heavy atom. The van der Waals surface area contributed by atoms with Gasteiger partial charge in [0.2, 0.25) is 0 Å². The molecule has 0 saturated carbocycles. The average Bonchev–Trinajstić information content (AvgIpc) is 2.60. The fourth-order valence-electron chi connectivity index (χ4n) is 3.06. The summed E-state index contributed by atoms with van der Waals surface area (Å²) in [4.78, 5) is 6.81. The van der Waals surface area contributed by atoms with Crippen molar-refractivity contribution in [1.82, 2.24) is 15.5 Å². The maximum absolute atomic E-state index is 13.2. The summed E-state index contributed by atoms with van der Waals surface area (Å²) in [5.41, 5.74) is 0. The van der Waals surface area contributed by atoms with Crippen LogP contribution in [0.2, 0.25) is 0 Å². The molecule has 0 radical (unpaired) electrons. The Labute approximate surface area is 173 Å². The monoisotopic (exact) mass is 478 g/mol. The molecule has 0 spiro atoms. The summed E-state index contributed by atoms with van der Waals surface area (Å²) >= 11 is 0. The molecule has 0 aromatic heterocycles. The summed E-state index contributed by atoms with van der Waals surface area (Å²) in [7, 11) is 1.78. The Balaban J connectivity index is 0.00000338. The molecule has 1 aliphatic heterocycles. The Kier molecular flexibility index (Phi) is 10.9. The van der Waals surface area contributed by atoms with E-state index in [4.69, 9.17) is 4.74 Å². The molecular weight excluding hydrogens is 446 g/mol. The molecule has 1 fully saturated rings. The Bertz CT molecular complexity index is 550. The standard InChI is InChI=1S/C19H31FN4O.HI/c1-4-10-24-11-8-17(9-12-24)23-19(21-3)22-14-15(2)25-18-7-5-6-16(20)13-18;/h5-7,13,15,17H,4,8-12,14H2,1-3H3,(H2,21,22,23);1H. The number of benzene rings is 1. The number of nitrogens with zero attached hydrogens (tertiary/aromatic N) is 2. The molecule has 1 saturated heterocycles. The van der Waals surface area contributed by atoms with Gasteiger partial charge in [0, 0.05) is 32.2 Å². The van der Waals surface area contributed by atoms with Gasteiger partial charge in [-0.25, -0.2) is 4.39 Å². The summed E-state index contributed by atoms with van der Waals surface area (Å²) in [5, 5.41) is 6.79. The van der Waals surface area contributed by atoms with E-state index in [-0.39, 0.29) is 35.9 Å². The first-order chi connectivity index (χ1) is 12.1. The summed E-state index contributed by atoms with van der Waals surface area (Å²) < 4.78 is 18.9. The second kappa shape index (κ2) is 12.3. The van der Waals surface area contributed by atoms with Crippen molar-refractivity contribution in [2.75, 3.05) is 33.2 Å². The maximum atomic E-state index is 13.2. The van der Waals surface area contributed by atoms with E-state index in [2.05, 4.69) is 27.4 Å². The van der Waals surface area contributed by atoms with Crippen LogP contribution < -0.4 is 15.4 Å². The van der Waals surface area contributed by atoms with E-state index in [1.54, 1.807) is 19.2 Å². The number of ether oxygens (including phenoxy) is 1. The van der Waals surface area contributed by atoms with Gasteiger partial charge < -0.3 is 20.3 Å². The van der Waals surface area contributed by atoms with E-state index in [9.17, 15) is 4.39 Å². The first-order valence-electron chi connectivity index (χ1n) is 9.22. The third-order valence-corrected chi connectivity index (χ3v) is 4.38. The predicted molar refractivity (Wildman–Crippen MR) is 116 cm³/mol. The van der Waals surface area contributed by atoms with Crippen molar-refractivity contribution in [2.24, 2.45) is 4.99 Å². The average molecular weight is 478 g/mol. The van der Waals surface area contributed by atoms with Gasteiger partial charge in [-0.05, 0) is 44.9 Å². The number of piperidine rings is 1. The SMILES string of the molecule is CCCN1CCC(NC(=NC)NCC(C)Oc2cccc(F)c2)CC1.I. The van der Waals surface area contributed by atoms with Crippen LogP contribution in [0.15, 0.2) is 29.3 Å². The zero-order valence-corrected chi connectivity index (χ0v) is 18.3. The van der Waals surface area contributed by atoms with Crippen molar-refractivity contribution >= 4 is 29.9 Å². The van der Waals surface area contributed by atoms with Gasteiger partial charge in [0.15, 0.2) is 5.96 Å². The van der Waals surface area contributed by atoms with Gasteiger partial charge in [0.25, 0.3) is 0 Å². The fourth-order valence-corrected chi connectivity index (χ4v) is 3.06. The van der Waals surface area contributed by atoms with Gasteiger partial charge in [-0.2, -0.15) is 0 Å². The number of nitrogens with one attached hydrogen (secondary N) is 2. The van der Waals surface area contributed by atoms with Crippen molar-refractivity contribution in [3.05, 3.63) is 30.1 Å². The topological polar surface area (TPSA) is 48.9 Å². The highest BCUT2D eigenvalue weighted by atomic mass is 127. The van der Waals surface area contributed by atoms with E-state index in [1.807, 2.05) is 6.92 Å². The van der Waals surface area contributed by atoms with Crippen molar-refractivity contribution in [2.45, 2.75) is 45.3 Å². The normalized spacial score (nSPS) is 17.3. The van der Waals surface area contributed by atoms with Gasteiger partial charge >= 0.3 is 0 Å². The molecule has 1 atom stereocenters. The molecule has 26 heavy (non-hydrogen) atoms. The van der Waals surface area contributed by atoms with Crippen molar-refractivity contribution in [3.8, 4) is 5.75 Å². The minimum Gasteiger partial charge on any atom is -0.489 e. The maximum Gasteiger partial charge on any atom is 0.191 e. The largest absolute Gasteiger partial charge is 0.489 e. The first kappa shape index (κ1) is 23.0. The van der Waals surface area contributed by atoms with Gasteiger partial charge in [0.05, 0.1) is 6.54 Å². The molecule has 5 nitrogen and oxygen atoms in total. The molecule has 1 unspecified atom stereocenters. The lowest BCUT2D eigenvalue weighted by Gasteiger charge is -2.33. The summed E-state index contributed by atoms with van der Waals surface area (Å²) in [5.74, 6) is 1.05. The predicted octanol–water partition coefficient (Wildman–Crippen LogP) is 3.25. The van der Waals surface area contributed by atoms with E-state index in [0.717, 1.165) is 31.9 Å². The number of halogens is 2. The van der Waals surface area contributed by atoms with Crippen LogP contribution in [0.25, 0.3) is 0 Å². The molecule has 0 bridgehead atoms. The second-order valence-electron chi connectivity index (χ2n) is 6.60. The summed E-state index contributed by atoms with van der Waals surface area (Å²) in [6.07, 6.45) is 3.39. The number of hydrogen-bond acceptors (Lipinski definition) is 3. The molecule has 0 aliphatic carbocycles. The zero-order chi connectivity index (χ0) is 18.1. The molecule has 0 amide bonds. The lowest BCUT2D eigenvalue weighted by Crippen LogP contribution is -2.50. The Morgan fingerprint density at radius 1 is 1.38 bits per heavy atom. The van der Waals surface area contributed by atoms with Crippen molar-refractivity contribution in [1.29, 1.82) is 0 Å². The van der Waals surface area contributed by atoms with Crippen LogP contribution in [-0.4, -0.2) is 56.2 Å². The molecular formula is C19H32FIN4O. The molecule has 2 rings (SSSR count). The summed E-state index contributed by atoms with van der Waals surface area (Å²) in [6.45, 7) is 8.25. The highest BCUT2D eigenvalue weighted by molar-refractivity contribution is 14.0. The van der Waals surface area contributed by atoms with E-state index in [0.29, 0.717) is 18.3 Å². The first-order valence-corrected chi connectivity index (χ1v) is 9.22. The molecule has 2 N–H and O–H groups in total. The zero-order valence-electron chi connectivity index (χ0n) is 16.0. The highest BCUT2D eigenvalue weighted by Crippen LogP contribution is 2.13. The van der Waals surface area contributed by atoms with Gasteiger partial charge in [-0.1, -0.05) is 13.0 Å². The van der Waals surface area contributed by atoms with Crippen LogP contribution in [0.1, 0.15) is 33.1 Å². The van der Waals surface area contributed by atoms with E-state index < -0.39 is 0 Å². The quantitative estimate of drug-likeness (QED) is 0.359. The second-order valence-corrected chi connectivity index (χ2v) is 6.60.